The number of halogens is 4. The summed E-state index contributed by atoms with van der Waals surface area (Å²) in [5.74, 6) is -2.10. The Bertz CT molecular complexity index is 1160. The zero-order chi connectivity index (χ0) is 24.3. The Kier molecular flexibility index (Phi) is 7.47. The molecule has 0 bridgehead atoms. The van der Waals surface area contributed by atoms with Gasteiger partial charge >= 0.3 is 5.97 Å². The Morgan fingerprint density at radius 2 is 1.91 bits per heavy atom. The van der Waals surface area contributed by atoms with Crippen LogP contribution in [0.1, 0.15) is 28.8 Å². The van der Waals surface area contributed by atoms with Gasteiger partial charge in [0.05, 0.1) is 17.1 Å². The molecule has 0 amide bonds. The number of aromatic nitrogens is 3. The number of benzene rings is 2. The summed E-state index contributed by atoms with van der Waals surface area (Å²) < 4.78 is 35.1. The minimum absolute atomic E-state index is 0.0321. The number of aliphatic hydroxyl groups is 1. The zero-order valence-electron chi connectivity index (χ0n) is 18.0. The summed E-state index contributed by atoms with van der Waals surface area (Å²) >= 11 is 12.0. The molecule has 180 valence electrons. The number of β-amino-alcohol motifs (C(OH)–C–C–N with tert-alkyl or cyclic N) is 1. The highest BCUT2D eigenvalue weighted by atomic mass is 35.5. The SMILES string of the molecule is O=C(OC1CCN(CC(O)(Cn2cncn2)c2ccc(F)cc2F)CC1)c1ccc(Cl)cc1Cl. The Morgan fingerprint density at radius 1 is 1.15 bits per heavy atom. The molecule has 1 aliphatic rings. The van der Waals surface area contributed by atoms with Crippen molar-refractivity contribution in [1.29, 1.82) is 0 Å². The first-order valence-electron chi connectivity index (χ1n) is 10.6. The van der Waals surface area contributed by atoms with Gasteiger partial charge in [-0.05, 0) is 37.1 Å². The molecule has 0 radical (unpaired) electrons. The Balaban J connectivity index is 1.42. The van der Waals surface area contributed by atoms with Crippen LogP contribution in [0.3, 0.4) is 0 Å². The van der Waals surface area contributed by atoms with Crippen molar-refractivity contribution >= 4 is 29.2 Å². The maximum atomic E-state index is 14.6. The fourth-order valence-corrected chi connectivity index (χ4v) is 4.58. The smallest absolute Gasteiger partial charge is 0.339 e. The third-order valence-corrected chi connectivity index (χ3v) is 6.31. The molecular formula is C23H22Cl2F2N4O3. The van der Waals surface area contributed by atoms with Crippen molar-refractivity contribution in [2.24, 2.45) is 0 Å². The molecule has 1 aromatic heterocycles. The lowest BCUT2D eigenvalue weighted by Crippen LogP contribution is -2.48. The van der Waals surface area contributed by atoms with E-state index in [1.165, 1.54) is 35.5 Å². The van der Waals surface area contributed by atoms with Crippen LogP contribution in [-0.4, -0.2) is 56.5 Å². The number of ether oxygens (including phenoxy) is 1. The molecule has 1 unspecified atom stereocenters. The lowest BCUT2D eigenvalue weighted by molar-refractivity contribution is -0.0396. The molecule has 2 heterocycles. The molecule has 4 rings (SSSR count). The van der Waals surface area contributed by atoms with Gasteiger partial charge in [0, 0.05) is 36.3 Å². The first kappa shape index (κ1) is 24.5. The maximum absolute atomic E-state index is 14.6. The molecule has 1 aliphatic heterocycles. The summed E-state index contributed by atoms with van der Waals surface area (Å²) in [5.41, 5.74) is -1.48. The van der Waals surface area contributed by atoms with Gasteiger partial charge in [-0.15, -0.1) is 0 Å². The lowest BCUT2D eigenvalue weighted by Gasteiger charge is -2.38. The van der Waals surface area contributed by atoms with E-state index < -0.39 is 23.2 Å². The molecule has 0 aliphatic carbocycles. The highest BCUT2D eigenvalue weighted by molar-refractivity contribution is 6.36. The Hall–Kier alpha value is -2.59. The first-order chi connectivity index (χ1) is 16.2. The van der Waals surface area contributed by atoms with Crippen LogP contribution in [0.25, 0.3) is 0 Å². The Morgan fingerprint density at radius 3 is 2.56 bits per heavy atom. The summed E-state index contributed by atoms with van der Waals surface area (Å²) in [6.45, 7) is 0.988. The number of hydrogen-bond donors (Lipinski definition) is 1. The maximum Gasteiger partial charge on any atom is 0.339 e. The predicted molar refractivity (Wildman–Crippen MR) is 122 cm³/mol. The molecule has 3 aromatic rings. The molecule has 1 fully saturated rings. The fourth-order valence-electron chi connectivity index (χ4n) is 4.09. The molecule has 0 spiro atoms. The van der Waals surface area contributed by atoms with Crippen LogP contribution in [-0.2, 0) is 16.9 Å². The van der Waals surface area contributed by atoms with Crippen LogP contribution in [0.15, 0.2) is 49.1 Å². The highest BCUT2D eigenvalue weighted by Gasteiger charge is 2.37. The summed E-state index contributed by atoms with van der Waals surface area (Å²) in [6.07, 6.45) is 3.43. The van der Waals surface area contributed by atoms with Crippen molar-refractivity contribution in [2.45, 2.75) is 31.1 Å². The summed E-state index contributed by atoms with van der Waals surface area (Å²) in [4.78, 5) is 18.3. The lowest BCUT2D eigenvalue weighted by atomic mass is 9.91. The van der Waals surface area contributed by atoms with E-state index in [4.69, 9.17) is 27.9 Å². The molecule has 1 N–H and O–H groups in total. The van der Waals surface area contributed by atoms with Gasteiger partial charge < -0.3 is 9.84 Å². The Labute approximate surface area is 204 Å². The van der Waals surface area contributed by atoms with Crippen LogP contribution < -0.4 is 0 Å². The number of carbonyl (C=O) groups excluding carboxylic acids is 1. The first-order valence-corrected chi connectivity index (χ1v) is 11.4. The number of likely N-dealkylation sites (tertiary alicyclic amines) is 1. The molecular weight excluding hydrogens is 489 g/mol. The highest BCUT2D eigenvalue weighted by Crippen LogP contribution is 2.30. The van der Waals surface area contributed by atoms with E-state index in [0.717, 1.165) is 12.1 Å². The molecule has 34 heavy (non-hydrogen) atoms. The molecule has 11 heteroatoms. The summed E-state index contributed by atoms with van der Waals surface area (Å²) in [7, 11) is 0. The van der Waals surface area contributed by atoms with Crippen molar-refractivity contribution in [3.63, 3.8) is 0 Å². The van der Waals surface area contributed by atoms with Crippen molar-refractivity contribution in [3.8, 4) is 0 Å². The van der Waals surface area contributed by atoms with Gasteiger partial charge in [-0.1, -0.05) is 29.3 Å². The summed E-state index contributed by atoms with van der Waals surface area (Å²) in [6, 6.07) is 7.66. The van der Waals surface area contributed by atoms with Gasteiger partial charge in [0.1, 0.15) is 36.0 Å². The topological polar surface area (TPSA) is 80.5 Å². The minimum atomic E-state index is -1.69. The van der Waals surface area contributed by atoms with E-state index >= 15 is 0 Å². The number of hydrogen-bond acceptors (Lipinski definition) is 6. The third-order valence-electron chi connectivity index (χ3n) is 5.77. The van der Waals surface area contributed by atoms with Crippen LogP contribution >= 0.6 is 23.2 Å². The second kappa shape index (κ2) is 10.4. The third kappa shape index (κ3) is 5.72. The molecule has 7 nitrogen and oxygen atoms in total. The van der Waals surface area contributed by atoms with E-state index in [1.54, 1.807) is 6.07 Å². The second-order valence-electron chi connectivity index (χ2n) is 8.25. The van der Waals surface area contributed by atoms with Gasteiger partial charge in [-0.3, -0.25) is 4.90 Å². The van der Waals surface area contributed by atoms with E-state index in [0.29, 0.717) is 31.0 Å². The normalized spacial score (nSPS) is 16.9. The number of esters is 1. The molecule has 0 saturated carbocycles. The minimum Gasteiger partial charge on any atom is -0.459 e. The monoisotopic (exact) mass is 510 g/mol. The largest absolute Gasteiger partial charge is 0.459 e. The molecule has 1 atom stereocenters. The van der Waals surface area contributed by atoms with Crippen molar-refractivity contribution in [3.05, 3.63) is 81.9 Å². The van der Waals surface area contributed by atoms with Gasteiger partial charge in [0.15, 0.2) is 0 Å². The van der Waals surface area contributed by atoms with Gasteiger partial charge in [-0.2, -0.15) is 5.10 Å². The van der Waals surface area contributed by atoms with Crippen LogP contribution in [0.4, 0.5) is 8.78 Å². The number of piperidine rings is 1. The zero-order valence-corrected chi connectivity index (χ0v) is 19.5. The van der Waals surface area contributed by atoms with Crippen molar-refractivity contribution in [2.75, 3.05) is 19.6 Å². The number of rotatable bonds is 7. The predicted octanol–water partition coefficient (Wildman–Crippen LogP) is 4.07. The number of carbonyl (C=O) groups is 1. The molecule has 2 aromatic carbocycles. The van der Waals surface area contributed by atoms with Gasteiger partial charge in [-0.25, -0.2) is 23.2 Å². The van der Waals surface area contributed by atoms with E-state index in [1.807, 2.05) is 4.90 Å². The van der Waals surface area contributed by atoms with Crippen LogP contribution in [0.5, 0.6) is 0 Å². The van der Waals surface area contributed by atoms with E-state index in [9.17, 15) is 18.7 Å². The van der Waals surface area contributed by atoms with E-state index in [-0.39, 0.29) is 35.3 Å². The summed E-state index contributed by atoms with van der Waals surface area (Å²) in [5, 5.41) is 16.1. The second-order valence-corrected chi connectivity index (χ2v) is 9.10. The van der Waals surface area contributed by atoms with Crippen LogP contribution in [0, 0.1) is 11.6 Å². The average Bonchev–Trinajstić information content (AvgIpc) is 3.27. The van der Waals surface area contributed by atoms with Gasteiger partial charge in [0.2, 0.25) is 0 Å². The fraction of sp³-hybridized carbons (Fsp3) is 0.348. The quantitative estimate of drug-likeness (QED) is 0.482. The molecule has 1 saturated heterocycles. The van der Waals surface area contributed by atoms with Crippen molar-refractivity contribution in [1.82, 2.24) is 19.7 Å². The number of nitrogens with zero attached hydrogens (tertiary/aromatic N) is 4. The van der Waals surface area contributed by atoms with E-state index in [2.05, 4.69) is 10.1 Å². The van der Waals surface area contributed by atoms with Gasteiger partial charge in [0.25, 0.3) is 0 Å². The average molecular weight is 511 g/mol. The van der Waals surface area contributed by atoms with Crippen molar-refractivity contribution < 1.29 is 23.4 Å². The van der Waals surface area contributed by atoms with Crippen LogP contribution in [0.2, 0.25) is 10.0 Å². The standard InChI is InChI=1S/C23H22Cl2F2N4O3/c24-15-1-3-18(20(25)9-15)22(32)34-17-5-7-30(8-6-17)11-23(33,12-31-14-28-13-29-31)19-4-2-16(26)10-21(19)27/h1-4,9-10,13-14,17,33H,5-8,11-12H2.